The summed E-state index contributed by atoms with van der Waals surface area (Å²) in [5.41, 5.74) is 6.13. The highest BCUT2D eigenvalue weighted by atomic mass is 35.5. The molecule has 0 fully saturated rings. The average molecular weight is 229 g/mol. The Bertz CT molecular complexity index is 443. The Morgan fingerprint density at radius 1 is 1.50 bits per heavy atom. The normalized spacial score (nSPS) is 11.0. The number of aromatic nitrogens is 1. The third kappa shape index (κ3) is 1.73. The van der Waals surface area contributed by atoms with E-state index in [0.29, 0.717) is 11.6 Å². The molecule has 0 aliphatic carbocycles. The lowest BCUT2D eigenvalue weighted by Gasteiger charge is -1.95. The van der Waals surface area contributed by atoms with E-state index in [2.05, 4.69) is 5.16 Å². The topological polar surface area (TPSA) is 52.0 Å². The van der Waals surface area contributed by atoms with Crippen molar-refractivity contribution < 1.29 is 4.52 Å². The molecule has 1 aromatic carbocycles. The molecular weight excluding hydrogens is 220 g/mol. The van der Waals surface area contributed by atoms with Crippen LogP contribution in [-0.2, 0) is 0 Å². The molecule has 0 atom stereocenters. The first-order chi connectivity index (χ1) is 6.83. The molecule has 2 N–H and O–H groups in total. The van der Waals surface area contributed by atoms with Crippen molar-refractivity contribution in [2.75, 3.05) is 12.3 Å². The van der Waals surface area contributed by atoms with Crippen molar-refractivity contribution in [3.63, 3.8) is 0 Å². The summed E-state index contributed by atoms with van der Waals surface area (Å²) in [5, 5.41) is 6.31. The third-order valence-corrected chi connectivity index (χ3v) is 3.08. The second kappa shape index (κ2) is 4.21. The van der Waals surface area contributed by atoms with E-state index in [1.807, 2.05) is 18.2 Å². The molecule has 14 heavy (non-hydrogen) atoms. The van der Waals surface area contributed by atoms with Gasteiger partial charge in [-0.2, -0.15) is 0 Å². The molecule has 0 bridgehead atoms. The van der Waals surface area contributed by atoms with Crippen molar-refractivity contribution in [1.29, 1.82) is 0 Å². The van der Waals surface area contributed by atoms with E-state index in [1.165, 1.54) is 0 Å². The molecule has 0 saturated carbocycles. The fourth-order valence-corrected chi connectivity index (χ4v) is 2.25. The number of halogens is 1. The number of thioether (sulfide) groups is 1. The van der Waals surface area contributed by atoms with Crippen molar-refractivity contribution in [1.82, 2.24) is 5.16 Å². The Balaban J connectivity index is 2.45. The molecule has 0 radical (unpaired) electrons. The first-order valence-electron chi connectivity index (χ1n) is 4.19. The molecule has 0 spiro atoms. The Morgan fingerprint density at radius 3 is 3.14 bits per heavy atom. The predicted octanol–water partition coefficient (Wildman–Crippen LogP) is 2.53. The average Bonchev–Trinajstić information content (AvgIpc) is 2.59. The molecule has 3 nitrogen and oxygen atoms in total. The maximum Gasteiger partial charge on any atom is 0.169 e. The van der Waals surface area contributed by atoms with E-state index in [4.69, 9.17) is 21.9 Å². The second-order valence-electron chi connectivity index (χ2n) is 2.74. The van der Waals surface area contributed by atoms with Crippen molar-refractivity contribution in [3.05, 3.63) is 23.2 Å². The van der Waals surface area contributed by atoms with Crippen LogP contribution >= 0.6 is 23.4 Å². The lowest BCUT2D eigenvalue weighted by molar-refractivity contribution is 0.437. The summed E-state index contributed by atoms with van der Waals surface area (Å²) in [6, 6.07) is 5.52. The van der Waals surface area contributed by atoms with Gasteiger partial charge in [0.05, 0.1) is 10.4 Å². The van der Waals surface area contributed by atoms with E-state index < -0.39 is 0 Å². The number of rotatable bonds is 3. The van der Waals surface area contributed by atoms with Crippen LogP contribution in [0.5, 0.6) is 0 Å². The van der Waals surface area contributed by atoms with E-state index in [0.717, 1.165) is 21.7 Å². The Morgan fingerprint density at radius 2 is 2.36 bits per heavy atom. The summed E-state index contributed by atoms with van der Waals surface area (Å²) < 4.78 is 5.13. The summed E-state index contributed by atoms with van der Waals surface area (Å²) in [7, 11) is 0. The standard InChI is InChI=1S/C9H9ClN2OS/c10-6-2-1-3-7-8(6)9(12-13-7)14-5-4-11/h1-3H,4-5,11H2. The van der Waals surface area contributed by atoms with Crippen LogP contribution in [0.15, 0.2) is 27.7 Å². The minimum atomic E-state index is 0.615. The van der Waals surface area contributed by atoms with Gasteiger partial charge in [0.15, 0.2) is 5.58 Å². The monoisotopic (exact) mass is 228 g/mol. The number of fused-ring (bicyclic) bond motifs is 1. The number of hydrogen-bond donors (Lipinski definition) is 1. The van der Waals surface area contributed by atoms with Crippen LogP contribution in [0.2, 0.25) is 5.02 Å². The van der Waals surface area contributed by atoms with Crippen molar-refractivity contribution in [2.45, 2.75) is 5.03 Å². The highest BCUT2D eigenvalue weighted by Gasteiger charge is 2.10. The Labute approximate surface area is 90.6 Å². The van der Waals surface area contributed by atoms with Crippen LogP contribution < -0.4 is 5.73 Å². The van der Waals surface area contributed by atoms with Crippen molar-refractivity contribution in [2.24, 2.45) is 5.73 Å². The van der Waals surface area contributed by atoms with Crippen molar-refractivity contribution in [3.8, 4) is 0 Å². The van der Waals surface area contributed by atoms with Gasteiger partial charge in [0.25, 0.3) is 0 Å². The summed E-state index contributed by atoms with van der Waals surface area (Å²) in [5.74, 6) is 0.812. The smallest absolute Gasteiger partial charge is 0.169 e. The fraction of sp³-hybridized carbons (Fsp3) is 0.222. The van der Waals surface area contributed by atoms with Gasteiger partial charge >= 0.3 is 0 Å². The Kier molecular flexibility index (Phi) is 2.96. The van der Waals surface area contributed by atoms with E-state index in [1.54, 1.807) is 11.8 Å². The van der Waals surface area contributed by atoms with E-state index >= 15 is 0 Å². The molecule has 5 heteroatoms. The van der Waals surface area contributed by atoms with E-state index in [-0.39, 0.29) is 0 Å². The molecule has 2 rings (SSSR count). The summed E-state index contributed by atoms with van der Waals surface area (Å²) >= 11 is 7.59. The molecule has 2 aromatic rings. The van der Waals surface area contributed by atoms with Gasteiger partial charge in [-0.1, -0.05) is 22.8 Å². The van der Waals surface area contributed by atoms with Gasteiger partial charge in [-0.25, -0.2) is 0 Å². The molecule has 1 aromatic heterocycles. The number of benzene rings is 1. The summed E-state index contributed by atoms with van der Waals surface area (Å²) in [4.78, 5) is 0. The summed E-state index contributed by atoms with van der Waals surface area (Å²) in [6.07, 6.45) is 0. The quantitative estimate of drug-likeness (QED) is 0.821. The van der Waals surface area contributed by atoms with Gasteiger partial charge in [0.2, 0.25) is 0 Å². The zero-order chi connectivity index (χ0) is 9.97. The molecule has 0 saturated heterocycles. The van der Waals surface area contributed by atoms with Crippen molar-refractivity contribution >= 4 is 34.3 Å². The maximum absolute atomic E-state index is 6.04. The molecule has 74 valence electrons. The molecule has 0 aliphatic heterocycles. The lowest BCUT2D eigenvalue weighted by atomic mass is 10.3. The largest absolute Gasteiger partial charge is 0.355 e. The Hall–Kier alpha value is -0.710. The zero-order valence-corrected chi connectivity index (χ0v) is 8.94. The van der Waals surface area contributed by atoms with Crippen LogP contribution in [0.3, 0.4) is 0 Å². The summed E-state index contributed by atoms with van der Waals surface area (Å²) in [6.45, 7) is 0.615. The van der Waals surface area contributed by atoms with Gasteiger partial charge in [-0.15, -0.1) is 11.8 Å². The number of hydrogen-bond acceptors (Lipinski definition) is 4. The van der Waals surface area contributed by atoms with Crippen LogP contribution in [0.4, 0.5) is 0 Å². The van der Waals surface area contributed by atoms with Gasteiger partial charge in [0, 0.05) is 12.3 Å². The van der Waals surface area contributed by atoms with Crippen LogP contribution in [-0.4, -0.2) is 17.5 Å². The zero-order valence-electron chi connectivity index (χ0n) is 7.37. The highest BCUT2D eigenvalue weighted by molar-refractivity contribution is 7.99. The van der Waals surface area contributed by atoms with Gasteiger partial charge in [-0.05, 0) is 12.1 Å². The van der Waals surface area contributed by atoms with Gasteiger partial charge in [0.1, 0.15) is 5.03 Å². The third-order valence-electron chi connectivity index (χ3n) is 1.77. The molecule has 0 unspecified atom stereocenters. The van der Waals surface area contributed by atoms with E-state index in [9.17, 15) is 0 Å². The molecular formula is C9H9ClN2OS. The minimum absolute atomic E-state index is 0.615. The van der Waals surface area contributed by atoms with Crippen LogP contribution in [0.25, 0.3) is 11.0 Å². The first-order valence-corrected chi connectivity index (χ1v) is 5.56. The van der Waals surface area contributed by atoms with Gasteiger partial charge < -0.3 is 10.3 Å². The second-order valence-corrected chi connectivity index (χ2v) is 4.23. The fourth-order valence-electron chi connectivity index (χ4n) is 1.18. The maximum atomic E-state index is 6.04. The predicted molar refractivity (Wildman–Crippen MR) is 58.8 cm³/mol. The minimum Gasteiger partial charge on any atom is -0.355 e. The SMILES string of the molecule is NCCSc1noc2cccc(Cl)c12. The lowest BCUT2D eigenvalue weighted by Crippen LogP contribution is -2.00. The molecule has 0 amide bonds. The molecule has 0 aliphatic rings. The first kappa shape index (κ1) is 9.83. The number of nitrogens with zero attached hydrogens (tertiary/aromatic N) is 1. The molecule has 1 heterocycles. The van der Waals surface area contributed by atoms with Crippen LogP contribution in [0, 0.1) is 0 Å². The number of nitrogens with two attached hydrogens (primary N) is 1. The highest BCUT2D eigenvalue weighted by Crippen LogP contribution is 2.32. The van der Waals surface area contributed by atoms with Crippen LogP contribution in [0.1, 0.15) is 0 Å². The van der Waals surface area contributed by atoms with Gasteiger partial charge in [-0.3, -0.25) is 0 Å².